The number of halogens is 1. The Morgan fingerprint density at radius 3 is 2.77 bits per heavy atom. The lowest BCUT2D eigenvalue weighted by Crippen LogP contribution is -2.59. The van der Waals surface area contributed by atoms with Gasteiger partial charge in [0.05, 0.1) is 0 Å². The van der Waals surface area contributed by atoms with Crippen LogP contribution < -0.4 is 11.0 Å². The second-order valence-corrected chi connectivity index (χ2v) is 5.37. The summed E-state index contributed by atoms with van der Waals surface area (Å²) in [6.07, 6.45) is 0. The Balaban J connectivity index is 1.90. The van der Waals surface area contributed by atoms with E-state index in [1.807, 2.05) is 0 Å². The lowest BCUT2D eigenvalue weighted by Gasteiger charge is -2.43. The minimum absolute atomic E-state index is 0.00177. The van der Waals surface area contributed by atoms with Crippen LogP contribution >= 0.6 is 11.6 Å². The molecule has 22 heavy (non-hydrogen) atoms. The molecule has 1 fully saturated rings. The first kappa shape index (κ1) is 14.6. The van der Waals surface area contributed by atoms with Crippen molar-refractivity contribution in [1.82, 2.24) is 15.0 Å². The first-order valence-corrected chi connectivity index (χ1v) is 6.99. The van der Waals surface area contributed by atoms with Gasteiger partial charge in [0, 0.05) is 17.3 Å². The van der Waals surface area contributed by atoms with Crippen LogP contribution in [0.25, 0.3) is 0 Å². The van der Waals surface area contributed by atoms with Crippen LogP contribution in [0.15, 0.2) is 35.1 Å². The predicted octanol–water partition coefficient (Wildman–Crippen LogP) is 1.30. The predicted molar refractivity (Wildman–Crippen MR) is 80.6 cm³/mol. The second kappa shape index (κ2) is 5.43. The van der Waals surface area contributed by atoms with Gasteiger partial charge in [0.2, 0.25) is 5.95 Å². The smallest absolute Gasteiger partial charge is 0.252 e. The van der Waals surface area contributed by atoms with Gasteiger partial charge in [-0.05, 0) is 13.0 Å². The van der Waals surface area contributed by atoms with E-state index < -0.39 is 11.5 Å². The number of aromatic nitrogens is 2. The number of carbonyl (C=O) groups is 1. The number of nitrogens with one attached hydrogen (secondary N) is 2. The maximum atomic E-state index is 12.0. The molecule has 1 aromatic carbocycles. The van der Waals surface area contributed by atoms with Crippen molar-refractivity contribution in [2.24, 2.45) is 0 Å². The molecule has 0 spiro atoms. The number of hydrogen-bond donors (Lipinski definition) is 3. The van der Waals surface area contributed by atoms with Gasteiger partial charge in [-0.25, -0.2) is 4.98 Å². The van der Waals surface area contributed by atoms with Crippen molar-refractivity contribution < 1.29 is 9.90 Å². The topological polar surface area (TPSA) is 98.3 Å². The number of hydrazine groups is 1. The lowest BCUT2D eigenvalue weighted by atomic mass is 9.94. The summed E-state index contributed by atoms with van der Waals surface area (Å²) >= 11 is 6.00. The highest BCUT2D eigenvalue weighted by atomic mass is 35.5. The van der Waals surface area contributed by atoms with Crippen LogP contribution in [-0.4, -0.2) is 31.4 Å². The van der Waals surface area contributed by atoms with Crippen molar-refractivity contribution in [3.8, 4) is 5.75 Å². The van der Waals surface area contributed by atoms with Gasteiger partial charge in [0.25, 0.3) is 5.56 Å². The average Bonchev–Trinajstić information content (AvgIpc) is 2.47. The summed E-state index contributed by atoms with van der Waals surface area (Å²) in [7, 11) is 0. The van der Waals surface area contributed by atoms with Crippen molar-refractivity contribution >= 4 is 23.3 Å². The number of hydrogen-bond acceptors (Lipinski definition) is 6. The van der Waals surface area contributed by atoms with Crippen molar-refractivity contribution in [3.63, 3.8) is 0 Å². The highest BCUT2D eigenvalue weighted by Gasteiger charge is 2.49. The van der Waals surface area contributed by atoms with Gasteiger partial charge in [-0.1, -0.05) is 29.8 Å². The molecule has 3 N–H and O–H groups in total. The number of phenolic OH excluding ortho intramolecular Hbond substituents is 1. The molecular weight excluding hydrogens is 308 g/mol. The van der Waals surface area contributed by atoms with E-state index in [1.165, 1.54) is 17.1 Å². The fourth-order valence-electron chi connectivity index (χ4n) is 2.35. The molecule has 0 aliphatic carbocycles. The Kier molecular flexibility index (Phi) is 3.59. The Morgan fingerprint density at radius 1 is 1.36 bits per heavy atom. The number of para-hydroxylation sites is 1. The van der Waals surface area contributed by atoms with Crippen molar-refractivity contribution in [2.75, 3.05) is 5.43 Å². The van der Waals surface area contributed by atoms with Gasteiger partial charge >= 0.3 is 0 Å². The standard InChI is InChI=1S/C14H13ClN4O3/c1-7-6-10(21)17-14(16-7)18-19-11(12(22)13(19)15)8-4-2-3-5-9(8)20/h2-6,11,13,20H,1H3,(H2,16,17,18,21)/t11-,13-/m1/s1. The number of carbonyl (C=O) groups excluding carboxylic acids is 1. The molecule has 7 nitrogen and oxygen atoms in total. The van der Waals surface area contributed by atoms with Crippen LogP contribution in [0.4, 0.5) is 5.95 Å². The fraction of sp³-hybridized carbons (Fsp3) is 0.214. The third kappa shape index (κ3) is 2.44. The quantitative estimate of drug-likeness (QED) is 0.582. The number of rotatable bonds is 3. The molecule has 8 heteroatoms. The molecule has 1 saturated heterocycles. The van der Waals surface area contributed by atoms with E-state index in [0.29, 0.717) is 11.3 Å². The van der Waals surface area contributed by atoms with E-state index in [2.05, 4.69) is 15.4 Å². The third-order valence-corrected chi connectivity index (χ3v) is 3.79. The number of anilines is 1. The zero-order valence-electron chi connectivity index (χ0n) is 11.6. The minimum Gasteiger partial charge on any atom is -0.508 e. The van der Waals surface area contributed by atoms with Gasteiger partial charge in [-0.3, -0.25) is 20.0 Å². The monoisotopic (exact) mass is 320 g/mol. The molecule has 0 amide bonds. The number of H-pyrrole nitrogens is 1. The number of alkyl halides is 1. The molecule has 3 rings (SSSR count). The van der Waals surface area contributed by atoms with E-state index >= 15 is 0 Å². The van der Waals surface area contributed by atoms with Crippen LogP contribution in [0.5, 0.6) is 5.75 Å². The number of ketones is 1. The molecule has 0 unspecified atom stereocenters. The van der Waals surface area contributed by atoms with E-state index in [1.54, 1.807) is 25.1 Å². The van der Waals surface area contributed by atoms with Crippen molar-refractivity contribution in [3.05, 3.63) is 51.9 Å². The van der Waals surface area contributed by atoms with Crippen molar-refractivity contribution in [1.29, 1.82) is 0 Å². The van der Waals surface area contributed by atoms with Crippen molar-refractivity contribution in [2.45, 2.75) is 18.5 Å². The highest BCUT2D eigenvalue weighted by Crippen LogP contribution is 2.40. The average molecular weight is 321 g/mol. The molecule has 2 heterocycles. The SMILES string of the molecule is Cc1cc(=O)[nH]c(NN2[C@@H](Cl)C(=O)[C@H]2c2ccccc2O)n1. The van der Waals surface area contributed by atoms with Crippen LogP contribution in [-0.2, 0) is 4.79 Å². The van der Waals surface area contributed by atoms with E-state index in [4.69, 9.17) is 11.6 Å². The summed E-state index contributed by atoms with van der Waals surface area (Å²) < 4.78 is 0. The summed E-state index contributed by atoms with van der Waals surface area (Å²) in [5, 5.41) is 11.3. The second-order valence-electron chi connectivity index (χ2n) is 4.95. The van der Waals surface area contributed by atoms with Crippen LogP contribution in [0.2, 0.25) is 0 Å². The molecule has 0 saturated carbocycles. The summed E-state index contributed by atoms with van der Waals surface area (Å²) in [6, 6.07) is 7.13. The molecule has 0 radical (unpaired) electrons. The number of nitrogens with zero attached hydrogens (tertiary/aromatic N) is 2. The Hall–Kier alpha value is -2.38. The van der Waals surface area contributed by atoms with Gasteiger partial charge in [0.15, 0.2) is 11.3 Å². The van der Waals surface area contributed by atoms with E-state index in [-0.39, 0.29) is 23.0 Å². The van der Waals surface area contributed by atoms with E-state index in [9.17, 15) is 14.7 Å². The number of benzene rings is 1. The molecule has 2 aromatic rings. The normalized spacial score (nSPS) is 21.5. The molecule has 114 valence electrons. The van der Waals surface area contributed by atoms with Crippen LogP contribution in [0.1, 0.15) is 17.3 Å². The largest absolute Gasteiger partial charge is 0.508 e. The number of Topliss-reactive ketones (excluding diaryl/α,β-unsaturated/α-hetero) is 1. The Bertz CT molecular complexity index is 792. The maximum Gasteiger partial charge on any atom is 0.252 e. The number of aromatic amines is 1. The number of aromatic hydroxyl groups is 1. The summed E-state index contributed by atoms with van der Waals surface area (Å²) in [6.45, 7) is 1.68. The summed E-state index contributed by atoms with van der Waals surface area (Å²) in [5.41, 5.74) is 2.57. The molecule has 1 aliphatic heterocycles. The first-order valence-electron chi connectivity index (χ1n) is 6.56. The summed E-state index contributed by atoms with van der Waals surface area (Å²) in [4.78, 5) is 30.1. The maximum absolute atomic E-state index is 12.0. The number of aryl methyl sites for hydroxylation is 1. The van der Waals surface area contributed by atoms with Gasteiger partial charge in [-0.15, -0.1) is 0 Å². The Morgan fingerprint density at radius 2 is 2.09 bits per heavy atom. The zero-order chi connectivity index (χ0) is 15.9. The molecule has 1 aromatic heterocycles. The fourth-order valence-corrected chi connectivity index (χ4v) is 2.63. The minimum atomic E-state index is -0.907. The summed E-state index contributed by atoms with van der Waals surface area (Å²) in [5.74, 6) is -0.0591. The highest BCUT2D eigenvalue weighted by molar-refractivity contribution is 6.34. The molecule has 0 bridgehead atoms. The third-order valence-electron chi connectivity index (χ3n) is 3.36. The first-order chi connectivity index (χ1) is 10.5. The lowest BCUT2D eigenvalue weighted by molar-refractivity contribution is -0.138. The molecular formula is C14H13ClN4O3. The Labute approximate surface area is 130 Å². The zero-order valence-corrected chi connectivity index (χ0v) is 12.3. The molecule has 2 atom stereocenters. The van der Waals surface area contributed by atoms with Gasteiger partial charge in [-0.2, -0.15) is 5.01 Å². The van der Waals surface area contributed by atoms with Crippen LogP contribution in [0.3, 0.4) is 0 Å². The van der Waals surface area contributed by atoms with Gasteiger partial charge in [0.1, 0.15) is 11.8 Å². The van der Waals surface area contributed by atoms with E-state index in [0.717, 1.165) is 0 Å². The van der Waals surface area contributed by atoms with Crippen LogP contribution in [0, 0.1) is 6.92 Å². The number of phenols is 1. The van der Waals surface area contributed by atoms with Gasteiger partial charge < -0.3 is 5.11 Å². The molecule has 1 aliphatic rings.